The lowest BCUT2D eigenvalue weighted by atomic mass is 10.1. The Morgan fingerprint density at radius 2 is 2.11 bits per heavy atom. The molecule has 0 amide bonds. The molecule has 3 aromatic rings. The van der Waals surface area contributed by atoms with Gasteiger partial charge in [0.15, 0.2) is 5.82 Å². The number of rotatable bonds is 1. The van der Waals surface area contributed by atoms with Crippen LogP contribution in [0.5, 0.6) is 0 Å². The molecule has 0 bridgehead atoms. The molecule has 3 rings (SSSR count). The molecule has 18 heavy (non-hydrogen) atoms. The topological polar surface area (TPSA) is 43.6 Å². The van der Waals surface area contributed by atoms with E-state index in [4.69, 9.17) is 11.6 Å². The number of halogens is 2. The molecule has 0 fully saturated rings. The molecule has 2 heterocycles. The van der Waals surface area contributed by atoms with E-state index in [1.165, 1.54) is 18.5 Å². The molecule has 0 unspecified atom stereocenters. The van der Waals surface area contributed by atoms with Crippen LogP contribution in [0.4, 0.5) is 4.39 Å². The van der Waals surface area contributed by atoms with Gasteiger partial charge in [-0.05, 0) is 29.8 Å². The summed E-state index contributed by atoms with van der Waals surface area (Å²) in [5.41, 5.74) is 1.64. The van der Waals surface area contributed by atoms with Crippen molar-refractivity contribution in [1.29, 1.82) is 0 Å². The van der Waals surface area contributed by atoms with Gasteiger partial charge in [0.2, 0.25) is 5.28 Å². The first kappa shape index (κ1) is 11.1. The predicted octanol–water partition coefficient (Wildman–Crippen LogP) is 2.82. The average Bonchev–Trinajstić information content (AvgIpc) is 2.66. The first-order valence-corrected chi connectivity index (χ1v) is 5.62. The molecule has 0 N–H and O–H groups in total. The Morgan fingerprint density at radius 1 is 1.28 bits per heavy atom. The highest BCUT2D eigenvalue weighted by Gasteiger charge is 2.12. The van der Waals surface area contributed by atoms with E-state index < -0.39 is 0 Å². The molecule has 1 aromatic carbocycles. The molecule has 6 heteroatoms. The lowest BCUT2D eigenvalue weighted by Gasteiger charge is -1.97. The van der Waals surface area contributed by atoms with Gasteiger partial charge < -0.3 is 4.57 Å². The molecule has 0 saturated heterocycles. The van der Waals surface area contributed by atoms with Crippen LogP contribution < -0.4 is 0 Å². The van der Waals surface area contributed by atoms with E-state index in [-0.39, 0.29) is 11.1 Å². The minimum absolute atomic E-state index is 0.119. The third-order valence-electron chi connectivity index (χ3n) is 2.73. The number of hydrogen-bond donors (Lipinski definition) is 0. The molecule has 0 aliphatic heterocycles. The van der Waals surface area contributed by atoms with Crippen molar-refractivity contribution in [3.63, 3.8) is 0 Å². The molecular weight excluding hydrogens is 255 g/mol. The van der Waals surface area contributed by atoms with Gasteiger partial charge in [-0.2, -0.15) is 4.98 Å². The minimum Gasteiger partial charge on any atom is -0.350 e. The van der Waals surface area contributed by atoms with Gasteiger partial charge in [0.25, 0.3) is 0 Å². The van der Waals surface area contributed by atoms with E-state index in [2.05, 4.69) is 15.0 Å². The number of aryl methyl sites for hydroxylation is 1. The smallest absolute Gasteiger partial charge is 0.225 e. The van der Waals surface area contributed by atoms with Crippen LogP contribution in [0.3, 0.4) is 0 Å². The van der Waals surface area contributed by atoms with E-state index in [1.54, 1.807) is 6.07 Å². The van der Waals surface area contributed by atoms with Crippen LogP contribution in [0.1, 0.15) is 0 Å². The van der Waals surface area contributed by atoms with Crippen LogP contribution in [-0.4, -0.2) is 19.5 Å². The molecule has 0 spiro atoms. The van der Waals surface area contributed by atoms with Crippen molar-refractivity contribution in [3.05, 3.63) is 41.8 Å². The van der Waals surface area contributed by atoms with Crippen LogP contribution in [0.25, 0.3) is 22.3 Å². The molecule has 0 aliphatic carbocycles. The summed E-state index contributed by atoms with van der Waals surface area (Å²) < 4.78 is 15.2. The van der Waals surface area contributed by atoms with Gasteiger partial charge in [0.05, 0.1) is 0 Å². The van der Waals surface area contributed by atoms with E-state index in [0.717, 1.165) is 16.5 Å². The molecule has 2 aromatic heterocycles. The molecule has 0 radical (unpaired) electrons. The maximum atomic E-state index is 13.3. The fourth-order valence-electron chi connectivity index (χ4n) is 1.95. The standard InChI is InChI=1S/C12H8ClFN4/c1-18-5-9(11-15-6-16-12(13)17-11)8-4-7(14)2-3-10(8)18/h2-6H,1H3. The van der Waals surface area contributed by atoms with Gasteiger partial charge >= 0.3 is 0 Å². The summed E-state index contributed by atoms with van der Waals surface area (Å²) in [6.07, 6.45) is 3.18. The molecule has 90 valence electrons. The van der Waals surface area contributed by atoms with Crippen molar-refractivity contribution in [2.45, 2.75) is 0 Å². The van der Waals surface area contributed by atoms with E-state index in [9.17, 15) is 4.39 Å². The van der Waals surface area contributed by atoms with Crippen molar-refractivity contribution in [3.8, 4) is 11.4 Å². The molecule has 4 nitrogen and oxygen atoms in total. The zero-order valence-corrected chi connectivity index (χ0v) is 10.2. The predicted molar refractivity (Wildman–Crippen MR) is 66.7 cm³/mol. The van der Waals surface area contributed by atoms with Gasteiger partial charge in [-0.25, -0.2) is 14.4 Å². The Morgan fingerprint density at radius 3 is 2.89 bits per heavy atom. The maximum absolute atomic E-state index is 13.3. The number of hydrogen-bond acceptors (Lipinski definition) is 3. The molecule has 0 aliphatic rings. The van der Waals surface area contributed by atoms with E-state index >= 15 is 0 Å². The first-order valence-electron chi connectivity index (χ1n) is 5.24. The van der Waals surface area contributed by atoms with Gasteiger partial charge in [-0.3, -0.25) is 0 Å². The van der Waals surface area contributed by atoms with Crippen LogP contribution in [0.15, 0.2) is 30.7 Å². The summed E-state index contributed by atoms with van der Waals surface area (Å²) >= 11 is 5.74. The second-order valence-corrected chi connectivity index (χ2v) is 4.23. The van der Waals surface area contributed by atoms with Crippen LogP contribution in [0.2, 0.25) is 5.28 Å². The summed E-state index contributed by atoms with van der Waals surface area (Å²) in [5, 5.41) is 0.869. The summed E-state index contributed by atoms with van der Waals surface area (Å²) in [7, 11) is 1.88. The fourth-order valence-corrected chi connectivity index (χ4v) is 2.07. The van der Waals surface area contributed by atoms with Gasteiger partial charge in [-0.1, -0.05) is 0 Å². The van der Waals surface area contributed by atoms with Crippen LogP contribution in [-0.2, 0) is 7.05 Å². The van der Waals surface area contributed by atoms with Gasteiger partial charge in [0, 0.05) is 29.7 Å². The van der Waals surface area contributed by atoms with Gasteiger partial charge in [0.1, 0.15) is 12.1 Å². The normalized spacial score (nSPS) is 11.1. The number of benzene rings is 1. The summed E-state index contributed by atoms with van der Waals surface area (Å²) in [5.74, 6) is 0.140. The van der Waals surface area contributed by atoms with Crippen molar-refractivity contribution in [1.82, 2.24) is 19.5 Å². The summed E-state index contributed by atoms with van der Waals surface area (Å²) in [4.78, 5) is 11.8. The Kier molecular flexibility index (Phi) is 2.48. The highest BCUT2D eigenvalue weighted by molar-refractivity contribution is 6.28. The second kappa shape index (κ2) is 4.03. The number of nitrogens with zero attached hydrogens (tertiary/aromatic N) is 4. The molecule has 0 atom stereocenters. The summed E-state index contributed by atoms with van der Waals surface area (Å²) in [6.45, 7) is 0. The molecular formula is C12H8ClFN4. The monoisotopic (exact) mass is 262 g/mol. The van der Waals surface area contributed by atoms with Crippen molar-refractivity contribution < 1.29 is 4.39 Å². The Hall–Kier alpha value is -2.01. The number of fused-ring (bicyclic) bond motifs is 1. The highest BCUT2D eigenvalue weighted by Crippen LogP contribution is 2.28. The first-order chi connectivity index (χ1) is 8.65. The van der Waals surface area contributed by atoms with E-state index in [1.807, 2.05) is 17.8 Å². The van der Waals surface area contributed by atoms with Crippen molar-refractivity contribution in [2.24, 2.45) is 7.05 Å². The third-order valence-corrected chi connectivity index (χ3v) is 2.92. The zero-order valence-electron chi connectivity index (χ0n) is 9.43. The highest BCUT2D eigenvalue weighted by atomic mass is 35.5. The van der Waals surface area contributed by atoms with Gasteiger partial charge in [-0.15, -0.1) is 0 Å². The lowest BCUT2D eigenvalue weighted by molar-refractivity contribution is 0.629. The second-order valence-electron chi connectivity index (χ2n) is 3.89. The Bertz CT molecular complexity index is 738. The Labute approximate surface area is 107 Å². The summed E-state index contributed by atoms with van der Waals surface area (Å²) in [6, 6.07) is 4.60. The van der Waals surface area contributed by atoms with Crippen molar-refractivity contribution >= 4 is 22.5 Å². The van der Waals surface area contributed by atoms with E-state index in [0.29, 0.717) is 5.82 Å². The SMILES string of the molecule is Cn1cc(-c2ncnc(Cl)n2)c2cc(F)ccc21. The quantitative estimate of drug-likeness (QED) is 0.677. The minimum atomic E-state index is -0.296. The van der Waals surface area contributed by atoms with Crippen molar-refractivity contribution in [2.75, 3.05) is 0 Å². The number of aromatic nitrogens is 4. The Balaban J connectivity index is 2.32. The van der Waals surface area contributed by atoms with Crippen LogP contribution >= 0.6 is 11.6 Å². The van der Waals surface area contributed by atoms with Crippen LogP contribution in [0, 0.1) is 5.82 Å². The maximum Gasteiger partial charge on any atom is 0.225 e. The fraction of sp³-hybridized carbons (Fsp3) is 0.0833. The average molecular weight is 263 g/mol. The third kappa shape index (κ3) is 1.73. The molecule has 0 saturated carbocycles. The lowest BCUT2D eigenvalue weighted by Crippen LogP contribution is -1.90. The largest absolute Gasteiger partial charge is 0.350 e. The zero-order chi connectivity index (χ0) is 12.7.